The number of halogens is 1. The lowest BCUT2D eigenvalue weighted by molar-refractivity contribution is 0.424. The number of aryl methyl sites for hydroxylation is 1. The van der Waals surface area contributed by atoms with Crippen LogP contribution in [0.2, 0.25) is 5.02 Å². The third kappa shape index (κ3) is 2.60. The highest BCUT2D eigenvalue weighted by Gasteiger charge is 2.24. The number of imidazole rings is 1. The summed E-state index contributed by atoms with van der Waals surface area (Å²) in [6.07, 6.45) is 6.08. The average Bonchev–Trinajstić information content (AvgIpc) is 2.77. The number of nitrogens with zero attached hydrogens (tertiary/aromatic N) is 2. The fraction of sp³-hybridized carbons (Fsp3) is 0.438. The number of rotatable bonds is 2. The van der Waals surface area contributed by atoms with Crippen LogP contribution in [0.25, 0.3) is 11.3 Å². The van der Waals surface area contributed by atoms with Crippen LogP contribution < -0.4 is 11.6 Å². The summed E-state index contributed by atoms with van der Waals surface area (Å²) >= 11 is 6.02. The van der Waals surface area contributed by atoms with Crippen LogP contribution in [0.1, 0.15) is 49.4 Å². The van der Waals surface area contributed by atoms with Crippen LogP contribution in [-0.2, 0) is 0 Å². The maximum absolute atomic E-state index is 6.19. The van der Waals surface area contributed by atoms with Crippen LogP contribution >= 0.6 is 11.6 Å². The normalized spacial score (nSPS) is 16.3. The van der Waals surface area contributed by atoms with Crippen molar-refractivity contribution < 1.29 is 0 Å². The summed E-state index contributed by atoms with van der Waals surface area (Å²) in [4.78, 5) is 4.76. The minimum atomic E-state index is 0.424. The molecular weight excluding hydrogens is 284 g/mol. The lowest BCUT2D eigenvalue weighted by atomic mass is 9.89. The van der Waals surface area contributed by atoms with Gasteiger partial charge in [0, 0.05) is 16.5 Å². The predicted octanol–water partition coefficient (Wildman–Crippen LogP) is 3.86. The first-order valence-electron chi connectivity index (χ1n) is 7.47. The molecule has 1 aromatic carbocycles. The quantitative estimate of drug-likeness (QED) is 0.828. The molecule has 1 aliphatic carbocycles. The molecule has 1 aromatic heterocycles. The molecule has 1 fully saturated rings. The molecule has 0 atom stereocenters. The zero-order valence-electron chi connectivity index (χ0n) is 12.3. The maximum atomic E-state index is 6.19. The van der Waals surface area contributed by atoms with E-state index in [0.717, 1.165) is 40.5 Å². The van der Waals surface area contributed by atoms with Gasteiger partial charge in [-0.2, -0.15) is 0 Å². The minimum Gasteiger partial charge on any atom is -0.382 e. The summed E-state index contributed by atoms with van der Waals surface area (Å²) in [5.74, 6) is 8.02. The Morgan fingerprint density at radius 2 is 1.95 bits per heavy atom. The second-order valence-electron chi connectivity index (χ2n) is 5.87. The van der Waals surface area contributed by atoms with Gasteiger partial charge in [0.1, 0.15) is 11.5 Å². The van der Waals surface area contributed by atoms with Crippen LogP contribution in [-0.4, -0.2) is 9.66 Å². The van der Waals surface area contributed by atoms with E-state index in [1.807, 2.05) is 25.1 Å². The molecular formula is C16H21ClN4. The van der Waals surface area contributed by atoms with Crippen molar-refractivity contribution in [3.05, 3.63) is 34.6 Å². The molecule has 21 heavy (non-hydrogen) atoms. The van der Waals surface area contributed by atoms with Crippen molar-refractivity contribution in [2.45, 2.75) is 44.9 Å². The van der Waals surface area contributed by atoms with Gasteiger partial charge in [-0.1, -0.05) is 36.9 Å². The molecule has 5 heteroatoms. The molecule has 2 aromatic rings. The molecule has 3 rings (SSSR count). The third-order valence-electron chi connectivity index (χ3n) is 4.39. The topological polar surface area (TPSA) is 69.9 Å². The largest absolute Gasteiger partial charge is 0.382 e. The molecule has 0 spiro atoms. The van der Waals surface area contributed by atoms with Crippen LogP contribution in [0.5, 0.6) is 0 Å². The summed E-state index contributed by atoms with van der Waals surface area (Å²) in [5.41, 5.74) is 9.02. The van der Waals surface area contributed by atoms with E-state index in [0.29, 0.717) is 11.7 Å². The van der Waals surface area contributed by atoms with Gasteiger partial charge in [-0.3, -0.25) is 0 Å². The van der Waals surface area contributed by atoms with E-state index in [9.17, 15) is 0 Å². The van der Waals surface area contributed by atoms with Crippen molar-refractivity contribution in [1.29, 1.82) is 0 Å². The second kappa shape index (κ2) is 5.60. The monoisotopic (exact) mass is 304 g/mol. The van der Waals surface area contributed by atoms with E-state index < -0.39 is 0 Å². The number of anilines is 1. The van der Waals surface area contributed by atoms with Crippen molar-refractivity contribution >= 4 is 17.4 Å². The Morgan fingerprint density at radius 1 is 1.24 bits per heavy atom. The molecule has 1 saturated carbocycles. The minimum absolute atomic E-state index is 0.424. The molecule has 0 radical (unpaired) electrons. The summed E-state index contributed by atoms with van der Waals surface area (Å²) < 4.78 is 1.57. The average molecular weight is 305 g/mol. The molecule has 0 unspecified atom stereocenters. The van der Waals surface area contributed by atoms with Gasteiger partial charge in [0.2, 0.25) is 0 Å². The molecule has 4 N–H and O–H groups in total. The Kier molecular flexibility index (Phi) is 3.81. The van der Waals surface area contributed by atoms with E-state index in [2.05, 4.69) is 0 Å². The molecule has 1 heterocycles. The van der Waals surface area contributed by atoms with Crippen molar-refractivity contribution in [3.63, 3.8) is 0 Å². The molecule has 1 aliphatic rings. The Balaban J connectivity index is 2.03. The lowest BCUT2D eigenvalue weighted by Gasteiger charge is -2.20. The van der Waals surface area contributed by atoms with Gasteiger partial charge in [-0.15, -0.1) is 0 Å². The van der Waals surface area contributed by atoms with Gasteiger partial charge in [-0.25, -0.2) is 9.66 Å². The van der Waals surface area contributed by atoms with E-state index in [4.69, 9.17) is 28.2 Å². The molecule has 0 amide bonds. The summed E-state index contributed by atoms with van der Waals surface area (Å²) in [6.45, 7) is 2.01. The van der Waals surface area contributed by atoms with Gasteiger partial charge < -0.3 is 11.6 Å². The van der Waals surface area contributed by atoms with Gasteiger partial charge >= 0.3 is 0 Å². The highest BCUT2D eigenvalue weighted by Crippen LogP contribution is 2.36. The number of hydrogen-bond acceptors (Lipinski definition) is 3. The molecule has 0 aliphatic heterocycles. The Hall–Kier alpha value is -1.68. The number of benzene rings is 1. The number of nitrogen functional groups attached to an aromatic ring is 2. The van der Waals surface area contributed by atoms with Crippen LogP contribution in [0, 0.1) is 6.92 Å². The smallest absolute Gasteiger partial charge is 0.150 e. The zero-order valence-corrected chi connectivity index (χ0v) is 13.0. The Bertz CT molecular complexity index is 657. The van der Waals surface area contributed by atoms with E-state index in [-0.39, 0.29) is 0 Å². The van der Waals surface area contributed by atoms with E-state index in [1.165, 1.54) is 19.3 Å². The first-order valence-corrected chi connectivity index (χ1v) is 7.85. The first-order chi connectivity index (χ1) is 10.1. The van der Waals surface area contributed by atoms with Crippen molar-refractivity contribution in [3.8, 4) is 11.3 Å². The molecule has 112 valence electrons. The van der Waals surface area contributed by atoms with E-state index in [1.54, 1.807) is 4.68 Å². The van der Waals surface area contributed by atoms with Gasteiger partial charge in [0.25, 0.3) is 0 Å². The maximum Gasteiger partial charge on any atom is 0.150 e. The van der Waals surface area contributed by atoms with Gasteiger partial charge in [-0.05, 0) is 37.5 Å². The van der Waals surface area contributed by atoms with Crippen LogP contribution in [0.3, 0.4) is 0 Å². The van der Waals surface area contributed by atoms with Crippen LogP contribution in [0.4, 0.5) is 5.82 Å². The van der Waals surface area contributed by atoms with Crippen molar-refractivity contribution in [2.75, 3.05) is 11.6 Å². The second-order valence-corrected chi connectivity index (χ2v) is 6.30. The SMILES string of the molecule is Cc1cc(Cl)ccc1-c1nc(C2CCCCC2)n(N)c1N. The molecule has 0 saturated heterocycles. The fourth-order valence-corrected chi connectivity index (χ4v) is 3.43. The predicted molar refractivity (Wildman–Crippen MR) is 87.8 cm³/mol. The first kappa shape index (κ1) is 14.3. The summed E-state index contributed by atoms with van der Waals surface area (Å²) in [6, 6.07) is 5.74. The standard InChI is InChI=1S/C16H21ClN4/c1-10-9-12(17)7-8-13(10)14-15(18)21(19)16(20-14)11-5-3-2-4-6-11/h7-9,11H,2-6,18-19H2,1H3. The zero-order chi connectivity index (χ0) is 15.0. The van der Waals surface area contributed by atoms with Gasteiger partial charge in [0.15, 0.2) is 5.82 Å². The summed E-state index contributed by atoms with van der Waals surface area (Å²) in [7, 11) is 0. The molecule has 0 bridgehead atoms. The fourth-order valence-electron chi connectivity index (χ4n) is 3.20. The Morgan fingerprint density at radius 3 is 2.62 bits per heavy atom. The highest BCUT2D eigenvalue weighted by molar-refractivity contribution is 6.30. The van der Waals surface area contributed by atoms with Gasteiger partial charge in [0.05, 0.1) is 0 Å². The van der Waals surface area contributed by atoms with Crippen molar-refractivity contribution in [1.82, 2.24) is 9.66 Å². The van der Waals surface area contributed by atoms with Crippen LogP contribution in [0.15, 0.2) is 18.2 Å². The third-order valence-corrected chi connectivity index (χ3v) is 4.62. The molecule has 4 nitrogen and oxygen atoms in total. The number of hydrogen-bond donors (Lipinski definition) is 2. The van der Waals surface area contributed by atoms with E-state index >= 15 is 0 Å². The summed E-state index contributed by atoms with van der Waals surface area (Å²) in [5, 5.41) is 0.717. The number of nitrogens with two attached hydrogens (primary N) is 2. The highest BCUT2D eigenvalue weighted by atomic mass is 35.5. The Labute approximate surface area is 130 Å². The lowest BCUT2D eigenvalue weighted by Crippen LogP contribution is -2.19. The van der Waals surface area contributed by atoms with Crippen molar-refractivity contribution in [2.24, 2.45) is 0 Å². The number of aromatic nitrogens is 2.